The van der Waals surface area contributed by atoms with Crippen molar-refractivity contribution in [2.24, 2.45) is 0 Å². The molecular formula is C15H21N5O2S. The predicted octanol–water partition coefficient (Wildman–Crippen LogP) is 1.44. The molecule has 0 unspecified atom stereocenters. The van der Waals surface area contributed by atoms with Crippen molar-refractivity contribution in [2.45, 2.75) is 23.7 Å². The molecule has 1 aliphatic rings. The molecule has 0 aromatic carbocycles. The Morgan fingerprint density at radius 3 is 2.48 bits per heavy atom. The highest BCUT2D eigenvalue weighted by Gasteiger charge is 2.30. The normalized spacial score (nSPS) is 17.3. The van der Waals surface area contributed by atoms with Crippen LogP contribution in [0.2, 0.25) is 0 Å². The van der Waals surface area contributed by atoms with Crippen LogP contribution in [0.15, 0.2) is 35.6 Å². The Labute approximate surface area is 136 Å². The first-order valence-corrected chi connectivity index (χ1v) is 9.04. The molecular weight excluding hydrogens is 314 g/mol. The molecule has 124 valence electrons. The molecule has 1 fully saturated rings. The van der Waals surface area contributed by atoms with Gasteiger partial charge in [0.05, 0.1) is 18.1 Å². The summed E-state index contributed by atoms with van der Waals surface area (Å²) in [5.41, 5.74) is 2.10. The molecule has 0 bridgehead atoms. The van der Waals surface area contributed by atoms with Crippen molar-refractivity contribution in [1.29, 1.82) is 0 Å². The minimum absolute atomic E-state index is 0.226. The minimum atomic E-state index is -3.43. The molecule has 1 saturated heterocycles. The van der Waals surface area contributed by atoms with E-state index in [1.54, 1.807) is 0 Å². The molecule has 0 aliphatic carbocycles. The van der Waals surface area contributed by atoms with Gasteiger partial charge in [0, 0.05) is 45.0 Å². The number of sulfonamides is 1. The SMILES string of the molecule is CN(C)c1ccc(C2CCN(S(=O)(=O)c3cn[nH]c3)CC2)nc1. The van der Waals surface area contributed by atoms with Gasteiger partial charge in [-0.1, -0.05) is 0 Å². The molecule has 8 heteroatoms. The van der Waals surface area contributed by atoms with Crippen LogP contribution in [-0.2, 0) is 10.0 Å². The van der Waals surface area contributed by atoms with E-state index in [1.165, 1.54) is 16.7 Å². The van der Waals surface area contributed by atoms with E-state index >= 15 is 0 Å². The summed E-state index contributed by atoms with van der Waals surface area (Å²) in [4.78, 5) is 6.77. The molecule has 1 N–H and O–H groups in total. The summed E-state index contributed by atoms with van der Waals surface area (Å²) < 4.78 is 26.4. The molecule has 0 amide bonds. The number of nitrogens with zero attached hydrogens (tertiary/aromatic N) is 4. The lowest BCUT2D eigenvalue weighted by atomic mass is 9.94. The van der Waals surface area contributed by atoms with Gasteiger partial charge in [-0.25, -0.2) is 8.42 Å². The van der Waals surface area contributed by atoms with E-state index in [0.717, 1.165) is 24.2 Å². The number of hydrogen-bond acceptors (Lipinski definition) is 5. The molecule has 7 nitrogen and oxygen atoms in total. The van der Waals surface area contributed by atoms with Gasteiger partial charge in [0.15, 0.2) is 0 Å². The lowest BCUT2D eigenvalue weighted by Crippen LogP contribution is -2.37. The highest BCUT2D eigenvalue weighted by Crippen LogP contribution is 2.30. The Balaban J connectivity index is 1.66. The number of piperidine rings is 1. The number of rotatable bonds is 4. The molecule has 3 heterocycles. The van der Waals surface area contributed by atoms with E-state index < -0.39 is 10.0 Å². The summed E-state index contributed by atoms with van der Waals surface area (Å²) in [5, 5.41) is 6.28. The van der Waals surface area contributed by atoms with Crippen LogP contribution in [0, 0.1) is 0 Å². The zero-order valence-corrected chi connectivity index (χ0v) is 14.1. The fourth-order valence-electron chi connectivity index (χ4n) is 2.82. The zero-order chi connectivity index (χ0) is 16.4. The van der Waals surface area contributed by atoms with Crippen LogP contribution >= 0.6 is 0 Å². The van der Waals surface area contributed by atoms with Crippen molar-refractivity contribution < 1.29 is 8.42 Å². The molecule has 1 aliphatic heterocycles. The van der Waals surface area contributed by atoms with E-state index in [9.17, 15) is 8.42 Å². The summed E-state index contributed by atoms with van der Waals surface area (Å²) in [5.74, 6) is 0.307. The van der Waals surface area contributed by atoms with Gasteiger partial charge in [-0.05, 0) is 25.0 Å². The fraction of sp³-hybridized carbons (Fsp3) is 0.467. The molecule has 23 heavy (non-hydrogen) atoms. The third-order valence-electron chi connectivity index (χ3n) is 4.27. The Kier molecular flexibility index (Phi) is 4.36. The summed E-state index contributed by atoms with van der Waals surface area (Å²) in [6, 6.07) is 4.09. The van der Waals surface area contributed by atoms with Gasteiger partial charge >= 0.3 is 0 Å². The summed E-state index contributed by atoms with van der Waals surface area (Å²) in [6.45, 7) is 1.02. The van der Waals surface area contributed by atoms with Crippen LogP contribution in [0.1, 0.15) is 24.5 Å². The number of aromatic nitrogens is 3. The van der Waals surface area contributed by atoms with Crippen molar-refractivity contribution in [3.05, 3.63) is 36.4 Å². The maximum absolute atomic E-state index is 12.5. The largest absolute Gasteiger partial charge is 0.376 e. The standard InChI is InChI=1S/C15H21N5O2S/c1-19(2)13-3-4-15(16-9-13)12-5-7-20(8-6-12)23(21,22)14-10-17-18-11-14/h3-4,9-12H,5-8H2,1-2H3,(H,17,18). The number of H-pyrrole nitrogens is 1. The summed E-state index contributed by atoms with van der Waals surface area (Å²) in [6.07, 6.45) is 6.20. The van der Waals surface area contributed by atoms with Crippen LogP contribution in [0.5, 0.6) is 0 Å². The van der Waals surface area contributed by atoms with Gasteiger partial charge in [0.2, 0.25) is 10.0 Å². The van der Waals surface area contributed by atoms with Crippen LogP contribution in [0.25, 0.3) is 0 Å². The summed E-state index contributed by atoms with van der Waals surface area (Å²) in [7, 11) is 0.534. The first-order chi connectivity index (χ1) is 11.0. The minimum Gasteiger partial charge on any atom is -0.376 e. The molecule has 2 aromatic rings. The lowest BCUT2D eigenvalue weighted by Gasteiger charge is -2.30. The Bertz CT molecular complexity index is 733. The van der Waals surface area contributed by atoms with Gasteiger partial charge in [0.25, 0.3) is 0 Å². The second-order valence-corrected chi connectivity index (χ2v) is 7.89. The molecule has 0 saturated carbocycles. The van der Waals surface area contributed by atoms with Crippen molar-refractivity contribution >= 4 is 15.7 Å². The Morgan fingerprint density at radius 1 is 1.22 bits per heavy atom. The zero-order valence-electron chi connectivity index (χ0n) is 13.3. The van der Waals surface area contributed by atoms with Gasteiger partial charge < -0.3 is 4.90 Å². The van der Waals surface area contributed by atoms with Gasteiger partial charge in [-0.15, -0.1) is 0 Å². The molecule has 0 spiro atoms. The Morgan fingerprint density at radius 2 is 1.96 bits per heavy atom. The topological polar surface area (TPSA) is 82.2 Å². The van der Waals surface area contributed by atoms with Crippen molar-refractivity contribution in [3.63, 3.8) is 0 Å². The van der Waals surface area contributed by atoms with Crippen LogP contribution in [-0.4, -0.2) is 55.1 Å². The quantitative estimate of drug-likeness (QED) is 0.914. The van der Waals surface area contributed by atoms with Gasteiger partial charge in [0.1, 0.15) is 4.90 Å². The number of pyridine rings is 1. The van der Waals surface area contributed by atoms with Crippen molar-refractivity contribution in [2.75, 3.05) is 32.1 Å². The average Bonchev–Trinajstić information content (AvgIpc) is 3.10. The van der Waals surface area contributed by atoms with E-state index in [1.807, 2.05) is 31.3 Å². The van der Waals surface area contributed by atoms with Crippen molar-refractivity contribution in [3.8, 4) is 0 Å². The molecule has 0 radical (unpaired) electrons. The second kappa shape index (κ2) is 6.29. The van der Waals surface area contributed by atoms with E-state index in [-0.39, 0.29) is 4.90 Å². The Hall–Kier alpha value is -1.93. The third kappa shape index (κ3) is 3.23. The van der Waals surface area contributed by atoms with Gasteiger partial charge in [-0.3, -0.25) is 10.1 Å². The van der Waals surface area contributed by atoms with Crippen LogP contribution in [0.4, 0.5) is 5.69 Å². The number of nitrogens with one attached hydrogen (secondary N) is 1. The smallest absolute Gasteiger partial charge is 0.246 e. The maximum Gasteiger partial charge on any atom is 0.246 e. The molecule has 3 rings (SSSR count). The third-order valence-corrected chi connectivity index (χ3v) is 6.13. The van der Waals surface area contributed by atoms with Gasteiger partial charge in [-0.2, -0.15) is 9.40 Å². The van der Waals surface area contributed by atoms with Crippen LogP contribution in [0.3, 0.4) is 0 Å². The number of hydrogen-bond donors (Lipinski definition) is 1. The molecule has 0 atom stereocenters. The second-order valence-electron chi connectivity index (χ2n) is 5.95. The monoisotopic (exact) mass is 335 g/mol. The first kappa shape index (κ1) is 15.9. The van der Waals surface area contributed by atoms with E-state index in [4.69, 9.17) is 0 Å². The number of aromatic amines is 1. The van der Waals surface area contributed by atoms with E-state index in [0.29, 0.717) is 19.0 Å². The number of anilines is 1. The lowest BCUT2D eigenvalue weighted by molar-refractivity contribution is 0.316. The highest BCUT2D eigenvalue weighted by molar-refractivity contribution is 7.89. The highest BCUT2D eigenvalue weighted by atomic mass is 32.2. The predicted molar refractivity (Wildman–Crippen MR) is 87.9 cm³/mol. The fourth-order valence-corrected chi connectivity index (χ4v) is 4.20. The first-order valence-electron chi connectivity index (χ1n) is 7.60. The van der Waals surface area contributed by atoms with Crippen LogP contribution < -0.4 is 4.90 Å². The summed E-state index contributed by atoms with van der Waals surface area (Å²) >= 11 is 0. The average molecular weight is 335 g/mol. The molecule has 2 aromatic heterocycles. The maximum atomic E-state index is 12.5. The van der Waals surface area contributed by atoms with E-state index in [2.05, 4.69) is 21.2 Å². The van der Waals surface area contributed by atoms with Crippen molar-refractivity contribution in [1.82, 2.24) is 19.5 Å².